The summed E-state index contributed by atoms with van der Waals surface area (Å²) < 4.78 is 5.15. The molecule has 1 aromatic carbocycles. The lowest BCUT2D eigenvalue weighted by molar-refractivity contribution is -0.113. The predicted octanol–water partition coefficient (Wildman–Crippen LogP) is 4.73. The minimum Gasteiger partial charge on any atom is -0.465 e. The zero-order valence-electron chi connectivity index (χ0n) is 11.2. The smallest absolute Gasteiger partial charge is 0.298 e. The topological polar surface area (TPSA) is 50.5 Å². The first kappa shape index (κ1) is 14.7. The third kappa shape index (κ3) is 2.86. The molecule has 2 amide bonds. The van der Waals surface area contributed by atoms with Crippen molar-refractivity contribution in [3.63, 3.8) is 0 Å². The Bertz CT molecular complexity index is 780. The number of hydrogen-bond donors (Lipinski definition) is 0. The van der Waals surface area contributed by atoms with Gasteiger partial charge in [0.05, 0.1) is 21.9 Å². The fourth-order valence-corrected chi connectivity index (χ4v) is 2.95. The molecule has 0 spiro atoms. The van der Waals surface area contributed by atoms with E-state index in [1.807, 2.05) is 0 Å². The highest BCUT2D eigenvalue weighted by Crippen LogP contribution is 2.37. The Labute approximate surface area is 136 Å². The van der Waals surface area contributed by atoms with Gasteiger partial charge in [0.1, 0.15) is 5.76 Å². The lowest BCUT2D eigenvalue weighted by Crippen LogP contribution is -2.27. The number of anilines is 1. The fourth-order valence-electron chi connectivity index (χ4n) is 1.94. The zero-order valence-corrected chi connectivity index (χ0v) is 12.8. The van der Waals surface area contributed by atoms with Crippen LogP contribution in [-0.4, -0.2) is 11.1 Å². The van der Waals surface area contributed by atoms with Crippen molar-refractivity contribution >= 4 is 46.3 Å². The second kappa shape index (κ2) is 6.25. The van der Waals surface area contributed by atoms with Crippen LogP contribution in [0.15, 0.2) is 64.1 Å². The number of thioether (sulfide) groups is 1. The van der Waals surface area contributed by atoms with Crippen molar-refractivity contribution < 1.29 is 14.0 Å². The maximum absolute atomic E-state index is 12.4. The molecule has 3 rings (SSSR count). The summed E-state index contributed by atoms with van der Waals surface area (Å²) in [6.07, 6.45) is 6.53. The molecule has 22 heavy (non-hydrogen) atoms. The number of furan rings is 1. The standard InChI is InChI=1S/C16H10ClNO3S/c17-12-7-1-2-8-13(12)18-15(19)14(22-16(18)20)9-3-5-11-6-4-10-21-11/h1-10H. The predicted molar refractivity (Wildman–Crippen MR) is 87.8 cm³/mol. The average Bonchev–Trinajstić information content (AvgIpc) is 3.10. The fraction of sp³-hybridized carbons (Fsp3) is 0. The van der Waals surface area contributed by atoms with Crippen LogP contribution in [0.1, 0.15) is 5.76 Å². The normalized spacial score (nSPS) is 17.1. The number of imide groups is 1. The Balaban J connectivity index is 1.84. The molecule has 110 valence electrons. The van der Waals surface area contributed by atoms with Crippen molar-refractivity contribution in [1.29, 1.82) is 0 Å². The Hall–Kier alpha value is -2.24. The van der Waals surface area contributed by atoms with E-state index in [1.165, 1.54) is 0 Å². The van der Waals surface area contributed by atoms with Crippen LogP contribution in [0.3, 0.4) is 0 Å². The van der Waals surface area contributed by atoms with Gasteiger partial charge in [0.2, 0.25) is 0 Å². The van der Waals surface area contributed by atoms with Crippen LogP contribution in [0.5, 0.6) is 0 Å². The van der Waals surface area contributed by atoms with E-state index in [4.69, 9.17) is 16.0 Å². The van der Waals surface area contributed by atoms with Crippen molar-refractivity contribution in [2.24, 2.45) is 0 Å². The molecule has 0 atom stereocenters. The first-order valence-electron chi connectivity index (χ1n) is 6.39. The molecule has 1 fully saturated rings. The van der Waals surface area contributed by atoms with E-state index in [-0.39, 0.29) is 11.1 Å². The largest absolute Gasteiger partial charge is 0.465 e. The van der Waals surface area contributed by atoms with Crippen molar-refractivity contribution in [2.75, 3.05) is 4.90 Å². The van der Waals surface area contributed by atoms with E-state index < -0.39 is 0 Å². The van der Waals surface area contributed by atoms with Crippen molar-refractivity contribution in [3.8, 4) is 0 Å². The molecule has 0 aliphatic carbocycles. The third-order valence-corrected chi connectivity index (χ3v) is 4.15. The number of amides is 2. The van der Waals surface area contributed by atoms with Gasteiger partial charge >= 0.3 is 0 Å². The minimum atomic E-state index is -0.382. The molecular weight excluding hydrogens is 322 g/mol. The maximum atomic E-state index is 12.4. The molecule has 0 radical (unpaired) electrons. The van der Waals surface area contributed by atoms with E-state index in [9.17, 15) is 9.59 Å². The molecule has 1 aliphatic rings. The third-order valence-electron chi connectivity index (χ3n) is 2.94. The Kier molecular flexibility index (Phi) is 4.18. The molecule has 2 aromatic rings. The number of carbonyl (C=O) groups excluding carboxylic acids is 2. The number of rotatable bonds is 3. The van der Waals surface area contributed by atoms with Gasteiger partial charge in [-0.2, -0.15) is 0 Å². The zero-order chi connectivity index (χ0) is 15.5. The molecule has 6 heteroatoms. The Morgan fingerprint density at radius 2 is 1.95 bits per heavy atom. The van der Waals surface area contributed by atoms with Crippen LogP contribution in [-0.2, 0) is 4.79 Å². The van der Waals surface area contributed by atoms with Gasteiger partial charge in [0, 0.05) is 0 Å². The highest BCUT2D eigenvalue weighted by Gasteiger charge is 2.36. The first-order valence-corrected chi connectivity index (χ1v) is 7.59. The van der Waals surface area contributed by atoms with Crippen LogP contribution in [0.4, 0.5) is 10.5 Å². The van der Waals surface area contributed by atoms with E-state index >= 15 is 0 Å². The van der Waals surface area contributed by atoms with Crippen LogP contribution in [0.2, 0.25) is 5.02 Å². The maximum Gasteiger partial charge on any atom is 0.298 e. The molecule has 0 saturated carbocycles. The molecule has 4 nitrogen and oxygen atoms in total. The van der Waals surface area contributed by atoms with Gasteiger partial charge < -0.3 is 4.42 Å². The second-order valence-electron chi connectivity index (χ2n) is 4.37. The molecular formula is C16H10ClNO3S. The summed E-state index contributed by atoms with van der Waals surface area (Å²) in [6, 6.07) is 10.3. The van der Waals surface area contributed by atoms with E-state index in [0.29, 0.717) is 21.4 Å². The lowest BCUT2D eigenvalue weighted by atomic mass is 10.3. The molecule has 0 N–H and O–H groups in total. The first-order chi connectivity index (χ1) is 10.7. The van der Waals surface area contributed by atoms with Gasteiger partial charge in [-0.3, -0.25) is 9.59 Å². The van der Waals surface area contributed by atoms with Crippen molar-refractivity contribution in [3.05, 3.63) is 70.5 Å². The summed E-state index contributed by atoms with van der Waals surface area (Å²) in [4.78, 5) is 25.8. The minimum absolute atomic E-state index is 0.340. The van der Waals surface area contributed by atoms with Gasteiger partial charge in [-0.1, -0.05) is 29.8 Å². The second-order valence-corrected chi connectivity index (χ2v) is 5.77. The van der Waals surface area contributed by atoms with Gasteiger partial charge in [-0.15, -0.1) is 0 Å². The van der Waals surface area contributed by atoms with E-state index in [0.717, 1.165) is 16.7 Å². The average molecular weight is 332 g/mol. The van der Waals surface area contributed by atoms with E-state index in [2.05, 4.69) is 0 Å². The quantitative estimate of drug-likeness (QED) is 0.763. The SMILES string of the molecule is O=C1SC(=CC=Cc2ccco2)C(=O)N1c1ccccc1Cl. The summed E-state index contributed by atoms with van der Waals surface area (Å²) >= 11 is 6.93. The Morgan fingerprint density at radius 1 is 1.14 bits per heavy atom. The van der Waals surface area contributed by atoms with Crippen LogP contribution >= 0.6 is 23.4 Å². The number of carbonyl (C=O) groups is 2. The highest BCUT2D eigenvalue weighted by atomic mass is 35.5. The number of para-hydroxylation sites is 1. The molecule has 2 heterocycles. The lowest BCUT2D eigenvalue weighted by Gasteiger charge is -2.13. The monoisotopic (exact) mass is 331 g/mol. The summed E-state index contributed by atoms with van der Waals surface area (Å²) in [5, 5.41) is -0.00655. The van der Waals surface area contributed by atoms with Gasteiger partial charge in [0.15, 0.2) is 0 Å². The van der Waals surface area contributed by atoms with Crippen LogP contribution in [0, 0.1) is 0 Å². The van der Waals surface area contributed by atoms with Crippen LogP contribution < -0.4 is 4.90 Å². The molecule has 1 aliphatic heterocycles. The molecule has 0 unspecified atom stereocenters. The van der Waals surface area contributed by atoms with Crippen molar-refractivity contribution in [2.45, 2.75) is 0 Å². The van der Waals surface area contributed by atoms with Gasteiger partial charge in [0.25, 0.3) is 11.1 Å². The number of halogens is 1. The molecule has 1 aromatic heterocycles. The van der Waals surface area contributed by atoms with Gasteiger partial charge in [-0.05, 0) is 48.2 Å². The Morgan fingerprint density at radius 3 is 2.68 bits per heavy atom. The number of nitrogens with zero attached hydrogens (tertiary/aromatic N) is 1. The molecule has 1 saturated heterocycles. The summed E-state index contributed by atoms with van der Waals surface area (Å²) in [7, 11) is 0. The summed E-state index contributed by atoms with van der Waals surface area (Å²) in [6.45, 7) is 0. The van der Waals surface area contributed by atoms with E-state index in [1.54, 1.807) is 60.9 Å². The summed E-state index contributed by atoms with van der Waals surface area (Å²) in [5.41, 5.74) is 0.394. The molecule has 0 bridgehead atoms. The number of hydrogen-bond acceptors (Lipinski definition) is 4. The van der Waals surface area contributed by atoms with Crippen molar-refractivity contribution in [1.82, 2.24) is 0 Å². The summed E-state index contributed by atoms with van der Waals surface area (Å²) in [5.74, 6) is 0.286. The van der Waals surface area contributed by atoms with Crippen LogP contribution in [0.25, 0.3) is 6.08 Å². The number of allylic oxidation sites excluding steroid dienone is 2. The highest BCUT2D eigenvalue weighted by molar-refractivity contribution is 8.18. The number of benzene rings is 1. The van der Waals surface area contributed by atoms with Gasteiger partial charge in [-0.25, -0.2) is 4.90 Å².